The monoisotopic (exact) mass is 560 g/mol. The maximum Gasteiger partial charge on any atom is 0.262 e. The first-order valence-corrected chi connectivity index (χ1v) is 13.9. The number of rotatable bonds is 8. The topological polar surface area (TPSA) is 109 Å². The Hall–Kier alpha value is -4.22. The van der Waals surface area contributed by atoms with Gasteiger partial charge in [0.25, 0.3) is 5.91 Å². The third kappa shape index (κ3) is 5.05. The molecule has 1 aliphatic heterocycles. The molecule has 0 bridgehead atoms. The Kier molecular flexibility index (Phi) is 6.99. The average molecular weight is 561 g/mol. The predicted molar refractivity (Wildman–Crippen MR) is 152 cm³/mol. The number of aromatic nitrogens is 4. The summed E-state index contributed by atoms with van der Waals surface area (Å²) in [7, 11) is 1.87. The minimum Gasteiger partial charge on any atom is -0.487 e. The molecule has 5 aromatic rings. The van der Waals surface area contributed by atoms with Crippen LogP contribution in [0.25, 0.3) is 27.2 Å². The summed E-state index contributed by atoms with van der Waals surface area (Å²) in [5.74, 6) is -0.589. The quantitative estimate of drug-likeness (QED) is 0.277. The van der Waals surface area contributed by atoms with E-state index < -0.39 is 17.8 Å². The summed E-state index contributed by atoms with van der Waals surface area (Å²) in [6.07, 6.45) is 6.36. The zero-order valence-electron chi connectivity index (χ0n) is 22.1. The van der Waals surface area contributed by atoms with Crippen molar-refractivity contribution in [1.82, 2.24) is 24.6 Å². The van der Waals surface area contributed by atoms with Crippen molar-refractivity contribution in [1.29, 1.82) is 0 Å². The van der Waals surface area contributed by atoms with E-state index in [0.29, 0.717) is 10.6 Å². The molecule has 1 saturated heterocycles. The molecule has 11 heteroatoms. The second kappa shape index (κ2) is 10.7. The summed E-state index contributed by atoms with van der Waals surface area (Å²) in [6, 6.07) is 12.8. The number of aryl methyl sites for hydroxylation is 1. The highest BCUT2D eigenvalue weighted by Gasteiger charge is 2.24. The molecule has 6 rings (SSSR count). The lowest BCUT2D eigenvalue weighted by atomic mass is 10.1. The standard InChI is InChI=1S/C29H29FN6O3S/c1-17(21-4-3-5-24(27(21)30)39-20-8-10-32-11-9-20)38-25-13-26(40-28(25)29(31)37)36-16-33-22-12-18(6-7-23(22)36)19-14-34-35(2)15-19/h3-7,12-17,20,32H,8-11H2,1-2H3,(H2,31,37). The third-order valence-electron chi connectivity index (χ3n) is 7.05. The fourth-order valence-electron chi connectivity index (χ4n) is 4.96. The van der Waals surface area contributed by atoms with Gasteiger partial charge in [-0.1, -0.05) is 18.2 Å². The van der Waals surface area contributed by atoms with E-state index in [-0.39, 0.29) is 22.5 Å². The number of nitrogens with zero attached hydrogens (tertiary/aromatic N) is 4. The van der Waals surface area contributed by atoms with Crippen LogP contribution in [0.3, 0.4) is 0 Å². The summed E-state index contributed by atoms with van der Waals surface area (Å²) < 4.78 is 31.2. The maximum absolute atomic E-state index is 15.5. The first-order chi connectivity index (χ1) is 19.4. The number of thiophene rings is 1. The van der Waals surface area contributed by atoms with E-state index in [1.807, 2.05) is 36.0 Å². The Morgan fingerprint density at radius 3 is 2.75 bits per heavy atom. The van der Waals surface area contributed by atoms with Crippen molar-refractivity contribution >= 4 is 28.3 Å². The molecule has 0 aliphatic carbocycles. The van der Waals surface area contributed by atoms with Gasteiger partial charge >= 0.3 is 0 Å². The highest BCUT2D eigenvalue weighted by molar-refractivity contribution is 7.16. The number of nitrogens with two attached hydrogens (primary N) is 1. The number of benzene rings is 2. The molecule has 0 radical (unpaired) electrons. The third-order valence-corrected chi connectivity index (χ3v) is 8.18. The molecular weight excluding hydrogens is 531 g/mol. The molecule has 1 fully saturated rings. The lowest BCUT2D eigenvalue weighted by molar-refractivity contribution is 0.0998. The zero-order chi connectivity index (χ0) is 27.8. The minimum absolute atomic E-state index is 0.0337. The van der Waals surface area contributed by atoms with Crippen LogP contribution in [0.15, 0.2) is 61.2 Å². The van der Waals surface area contributed by atoms with Crippen LogP contribution in [-0.2, 0) is 7.05 Å². The number of amides is 1. The van der Waals surface area contributed by atoms with Crippen LogP contribution in [0.5, 0.6) is 11.5 Å². The van der Waals surface area contributed by atoms with Gasteiger partial charge in [-0.2, -0.15) is 5.10 Å². The molecule has 1 unspecified atom stereocenters. The van der Waals surface area contributed by atoms with Crippen molar-refractivity contribution in [3.05, 3.63) is 77.4 Å². The van der Waals surface area contributed by atoms with Crippen molar-refractivity contribution in [2.75, 3.05) is 13.1 Å². The van der Waals surface area contributed by atoms with Crippen LogP contribution in [0, 0.1) is 5.82 Å². The molecular formula is C29H29FN6O3S. The number of nitrogens with one attached hydrogen (secondary N) is 1. The van der Waals surface area contributed by atoms with E-state index in [2.05, 4.69) is 15.4 Å². The van der Waals surface area contributed by atoms with Crippen molar-refractivity contribution in [3.63, 3.8) is 0 Å². The Bertz CT molecular complexity index is 1690. The number of halogens is 1. The fourth-order valence-corrected chi connectivity index (χ4v) is 5.88. The molecule has 3 N–H and O–H groups in total. The summed E-state index contributed by atoms with van der Waals surface area (Å²) in [5.41, 5.74) is 9.70. The molecule has 1 aliphatic rings. The van der Waals surface area contributed by atoms with E-state index in [1.54, 1.807) is 48.4 Å². The van der Waals surface area contributed by atoms with Gasteiger partial charge in [-0.3, -0.25) is 14.0 Å². The Morgan fingerprint density at radius 1 is 1.18 bits per heavy atom. The Labute approximate surface area is 234 Å². The van der Waals surface area contributed by atoms with Gasteiger partial charge in [0, 0.05) is 30.4 Å². The van der Waals surface area contributed by atoms with Gasteiger partial charge in [0.15, 0.2) is 11.6 Å². The van der Waals surface area contributed by atoms with Gasteiger partial charge in [-0.05, 0) is 56.6 Å². The number of primary amides is 1. The van der Waals surface area contributed by atoms with Gasteiger partial charge in [0.1, 0.15) is 34.2 Å². The molecule has 9 nitrogen and oxygen atoms in total. The van der Waals surface area contributed by atoms with Crippen LogP contribution < -0.4 is 20.5 Å². The van der Waals surface area contributed by atoms with Gasteiger partial charge in [0.2, 0.25) is 0 Å². The van der Waals surface area contributed by atoms with Crippen molar-refractivity contribution < 1.29 is 18.7 Å². The summed E-state index contributed by atoms with van der Waals surface area (Å²) in [5, 5.41) is 8.22. The number of hydrogen-bond donors (Lipinski definition) is 2. The van der Waals surface area contributed by atoms with Gasteiger partial charge in [-0.15, -0.1) is 11.3 Å². The Morgan fingerprint density at radius 2 is 2.00 bits per heavy atom. The van der Waals surface area contributed by atoms with Crippen LogP contribution in [0.2, 0.25) is 0 Å². The average Bonchev–Trinajstić information content (AvgIpc) is 3.68. The Balaban J connectivity index is 1.27. The molecule has 0 spiro atoms. The van der Waals surface area contributed by atoms with E-state index in [4.69, 9.17) is 15.2 Å². The van der Waals surface area contributed by atoms with E-state index in [9.17, 15) is 4.79 Å². The number of hydrogen-bond acceptors (Lipinski definition) is 7. The van der Waals surface area contributed by atoms with Crippen LogP contribution >= 0.6 is 11.3 Å². The van der Waals surface area contributed by atoms with Crippen LogP contribution in [0.4, 0.5) is 4.39 Å². The molecule has 206 valence electrons. The summed E-state index contributed by atoms with van der Waals surface area (Å²) >= 11 is 1.20. The van der Waals surface area contributed by atoms with Crippen molar-refractivity contribution in [3.8, 4) is 27.6 Å². The lowest BCUT2D eigenvalue weighted by Gasteiger charge is -2.25. The second-order valence-corrected chi connectivity index (χ2v) is 10.9. The predicted octanol–water partition coefficient (Wildman–Crippen LogP) is 5.00. The summed E-state index contributed by atoms with van der Waals surface area (Å²) in [6.45, 7) is 3.43. The molecule has 2 aromatic carbocycles. The summed E-state index contributed by atoms with van der Waals surface area (Å²) in [4.78, 5) is 17.2. The van der Waals surface area contributed by atoms with E-state index in [0.717, 1.165) is 48.1 Å². The van der Waals surface area contributed by atoms with E-state index >= 15 is 4.39 Å². The number of imidazole rings is 1. The van der Waals surface area contributed by atoms with Crippen LogP contribution in [-0.4, -0.2) is 44.4 Å². The van der Waals surface area contributed by atoms with E-state index in [1.165, 1.54) is 11.3 Å². The number of fused-ring (bicyclic) bond motifs is 1. The number of piperidine rings is 1. The first-order valence-electron chi connectivity index (χ1n) is 13.1. The van der Waals surface area contributed by atoms with Crippen molar-refractivity contribution in [2.45, 2.75) is 32.0 Å². The highest BCUT2D eigenvalue weighted by Crippen LogP contribution is 2.37. The second-order valence-electron chi connectivity index (χ2n) is 9.85. The lowest BCUT2D eigenvalue weighted by Crippen LogP contribution is -2.34. The molecule has 4 heterocycles. The maximum atomic E-state index is 15.5. The van der Waals surface area contributed by atoms with Gasteiger partial charge in [0.05, 0.1) is 17.2 Å². The number of ether oxygens (including phenoxy) is 2. The van der Waals surface area contributed by atoms with Gasteiger partial charge in [-0.25, -0.2) is 9.37 Å². The largest absolute Gasteiger partial charge is 0.487 e. The van der Waals surface area contributed by atoms with Crippen molar-refractivity contribution in [2.24, 2.45) is 12.8 Å². The highest BCUT2D eigenvalue weighted by atomic mass is 32.1. The normalized spacial score (nSPS) is 14.9. The smallest absolute Gasteiger partial charge is 0.262 e. The van der Waals surface area contributed by atoms with Crippen LogP contribution in [0.1, 0.15) is 41.1 Å². The zero-order valence-corrected chi connectivity index (χ0v) is 23.0. The molecule has 3 aromatic heterocycles. The SMILES string of the molecule is CC(Oc1cc(-n2cnc3cc(-c4cnn(C)c4)ccc32)sc1C(N)=O)c1cccc(OC2CCNCC2)c1F. The minimum atomic E-state index is -0.696. The fraction of sp³-hybridized carbons (Fsp3) is 0.276. The first kappa shape index (κ1) is 26.0. The molecule has 1 atom stereocenters. The number of carbonyl (C=O) groups excluding carboxylic acids is 1. The molecule has 1 amide bonds. The number of carbonyl (C=O) groups is 1. The molecule has 40 heavy (non-hydrogen) atoms. The van der Waals surface area contributed by atoms with Gasteiger partial charge < -0.3 is 20.5 Å². The molecule has 0 saturated carbocycles.